The molecule has 15 heavy (non-hydrogen) atoms. The van der Waals surface area contributed by atoms with Crippen LogP contribution in [-0.2, 0) is 4.79 Å². The summed E-state index contributed by atoms with van der Waals surface area (Å²) in [5.41, 5.74) is 0. The predicted octanol–water partition coefficient (Wildman–Crippen LogP) is 3.53. The fourth-order valence-corrected chi connectivity index (χ4v) is 2.06. The lowest BCUT2D eigenvalue weighted by Crippen LogP contribution is -2.29. The van der Waals surface area contributed by atoms with Crippen molar-refractivity contribution < 1.29 is 4.79 Å². The highest BCUT2D eigenvalue weighted by Gasteiger charge is 2.09. The van der Waals surface area contributed by atoms with Gasteiger partial charge in [0.15, 0.2) is 0 Å². The van der Waals surface area contributed by atoms with Crippen molar-refractivity contribution in [1.82, 2.24) is 5.32 Å². The molecule has 1 N–H and O–H groups in total. The van der Waals surface area contributed by atoms with E-state index in [0.29, 0.717) is 0 Å². The summed E-state index contributed by atoms with van der Waals surface area (Å²) in [4.78, 5) is 11.5. The van der Waals surface area contributed by atoms with Crippen LogP contribution in [0.25, 0.3) is 0 Å². The Bertz CT molecular complexity index is 162. The van der Waals surface area contributed by atoms with Gasteiger partial charge >= 0.3 is 0 Å². The molecule has 0 saturated heterocycles. The van der Waals surface area contributed by atoms with Crippen LogP contribution in [0.3, 0.4) is 0 Å². The molecule has 0 bridgehead atoms. The zero-order valence-electron chi connectivity index (χ0n) is 10.0. The first kappa shape index (κ1) is 15.2. The van der Waals surface area contributed by atoms with Gasteiger partial charge in [-0.3, -0.25) is 4.79 Å². The second kappa shape index (κ2) is 10.7. The number of halogens is 1. The van der Waals surface area contributed by atoms with Gasteiger partial charge in [0.25, 0.3) is 0 Å². The first-order valence-electron chi connectivity index (χ1n) is 6.06. The monoisotopic (exact) mass is 325 g/mol. The third-order valence-electron chi connectivity index (χ3n) is 2.53. The number of alkyl halides is 1. The minimum Gasteiger partial charge on any atom is -0.356 e. The minimum atomic E-state index is 0.185. The molecule has 0 aromatic rings. The summed E-state index contributed by atoms with van der Waals surface area (Å²) in [5, 5.41) is 3.00. The molecule has 0 aliphatic carbocycles. The Balaban J connectivity index is 3.30. The number of unbranched alkanes of at least 4 members (excludes halogenated alkanes) is 3. The summed E-state index contributed by atoms with van der Waals surface area (Å²) in [5.74, 6) is 0.412. The van der Waals surface area contributed by atoms with Gasteiger partial charge in [0, 0.05) is 12.5 Å². The molecule has 2 nitrogen and oxygen atoms in total. The molecule has 0 saturated carbocycles. The van der Waals surface area contributed by atoms with Crippen LogP contribution in [-0.4, -0.2) is 16.9 Å². The fourth-order valence-electron chi connectivity index (χ4n) is 1.52. The highest BCUT2D eigenvalue weighted by atomic mass is 127. The van der Waals surface area contributed by atoms with Crippen molar-refractivity contribution in [2.24, 2.45) is 5.92 Å². The Morgan fingerprint density at radius 1 is 1.27 bits per heavy atom. The molecule has 1 atom stereocenters. The molecule has 0 heterocycles. The molecular formula is C12H24INO. The number of hydrogen-bond donors (Lipinski definition) is 1. The van der Waals surface area contributed by atoms with Crippen molar-refractivity contribution in [2.45, 2.75) is 52.4 Å². The summed E-state index contributed by atoms with van der Waals surface area (Å²) in [6.45, 7) is 4.98. The smallest absolute Gasteiger partial charge is 0.222 e. The average molecular weight is 325 g/mol. The highest BCUT2D eigenvalue weighted by Crippen LogP contribution is 2.05. The second-order valence-corrected chi connectivity index (χ2v) is 5.16. The summed E-state index contributed by atoms with van der Waals surface area (Å²) in [6, 6.07) is 0. The Kier molecular flexibility index (Phi) is 10.9. The van der Waals surface area contributed by atoms with Gasteiger partial charge in [0.05, 0.1) is 0 Å². The maximum atomic E-state index is 11.5. The zero-order chi connectivity index (χ0) is 11.5. The van der Waals surface area contributed by atoms with Crippen LogP contribution < -0.4 is 5.32 Å². The molecule has 0 aromatic heterocycles. The summed E-state index contributed by atoms with van der Waals surface area (Å²) in [7, 11) is 0. The zero-order valence-corrected chi connectivity index (χ0v) is 12.2. The van der Waals surface area contributed by atoms with Crippen LogP contribution in [0.5, 0.6) is 0 Å². The third kappa shape index (κ3) is 9.15. The van der Waals surface area contributed by atoms with E-state index in [-0.39, 0.29) is 11.8 Å². The van der Waals surface area contributed by atoms with E-state index in [2.05, 4.69) is 34.8 Å². The standard InChI is InChI=1S/C12H24INO/c1-3-8-11(2)12(15)14-10-7-5-4-6-9-13/h11H,3-10H2,1-2H3,(H,14,15). The van der Waals surface area contributed by atoms with Crippen molar-refractivity contribution in [3.63, 3.8) is 0 Å². The molecule has 1 amide bonds. The number of rotatable bonds is 9. The molecule has 0 fully saturated rings. The van der Waals surface area contributed by atoms with E-state index < -0.39 is 0 Å². The van der Waals surface area contributed by atoms with Crippen LogP contribution in [0.15, 0.2) is 0 Å². The van der Waals surface area contributed by atoms with E-state index in [1.807, 2.05) is 6.92 Å². The Hall–Kier alpha value is 0.200. The highest BCUT2D eigenvalue weighted by molar-refractivity contribution is 14.1. The van der Waals surface area contributed by atoms with Crippen molar-refractivity contribution in [1.29, 1.82) is 0 Å². The number of amides is 1. The van der Waals surface area contributed by atoms with Crippen molar-refractivity contribution >= 4 is 28.5 Å². The molecular weight excluding hydrogens is 301 g/mol. The Labute approximate surface area is 108 Å². The van der Waals surface area contributed by atoms with E-state index in [1.165, 1.54) is 23.7 Å². The van der Waals surface area contributed by atoms with E-state index in [1.54, 1.807) is 0 Å². The largest absolute Gasteiger partial charge is 0.356 e. The van der Waals surface area contributed by atoms with Crippen molar-refractivity contribution in [3.05, 3.63) is 0 Å². The maximum Gasteiger partial charge on any atom is 0.222 e. The first-order valence-corrected chi connectivity index (χ1v) is 7.58. The van der Waals surface area contributed by atoms with Crippen LogP contribution >= 0.6 is 22.6 Å². The van der Waals surface area contributed by atoms with Crippen LogP contribution in [0.1, 0.15) is 52.4 Å². The molecule has 0 radical (unpaired) electrons. The van der Waals surface area contributed by atoms with Crippen LogP contribution in [0.2, 0.25) is 0 Å². The topological polar surface area (TPSA) is 29.1 Å². The van der Waals surface area contributed by atoms with Gasteiger partial charge in [-0.15, -0.1) is 0 Å². The van der Waals surface area contributed by atoms with Crippen molar-refractivity contribution in [2.75, 3.05) is 11.0 Å². The lowest BCUT2D eigenvalue weighted by molar-refractivity contribution is -0.124. The first-order chi connectivity index (χ1) is 7.22. The SMILES string of the molecule is CCCC(C)C(=O)NCCCCCCI. The number of nitrogens with one attached hydrogen (secondary N) is 1. The van der Waals surface area contributed by atoms with Crippen LogP contribution in [0, 0.1) is 5.92 Å². The minimum absolute atomic E-state index is 0.185. The molecule has 0 aliphatic rings. The van der Waals surface area contributed by atoms with Gasteiger partial charge in [-0.25, -0.2) is 0 Å². The molecule has 0 aliphatic heterocycles. The summed E-state index contributed by atoms with van der Waals surface area (Å²) < 4.78 is 1.25. The Morgan fingerprint density at radius 2 is 1.93 bits per heavy atom. The number of carbonyl (C=O) groups is 1. The summed E-state index contributed by atoms with van der Waals surface area (Å²) in [6.07, 6.45) is 7.06. The second-order valence-electron chi connectivity index (χ2n) is 4.08. The van der Waals surface area contributed by atoms with E-state index in [4.69, 9.17) is 0 Å². The van der Waals surface area contributed by atoms with Crippen molar-refractivity contribution in [3.8, 4) is 0 Å². The van der Waals surface area contributed by atoms with Gasteiger partial charge in [-0.05, 0) is 23.7 Å². The molecule has 0 rings (SSSR count). The van der Waals surface area contributed by atoms with E-state index >= 15 is 0 Å². The molecule has 3 heteroatoms. The molecule has 0 aromatic carbocycles. The Morgan fingerprint density at radius 3 is 2.53 bits per heavy atom. The lowest BCUT2D eigenvalue weighted by Gasteiger charge is -2.10. The van der Waals surface area contributed by atoms with Crippen LogP contribution in [0.4, 0.5) is 0 Å². The van der Waals surface area contributed by atoms with Gasteiger partial charge in [-0.2, -0.15) is 0 Å². The lowest BCUT2D eigenvalue weighted by atomic mass is 10.1. The maximum absolute atomic E-state index is 11.5. The quantitative estimate of drug-likeness (QED) is 0.392. The summed E-state index contributed by atoms with van der Waals surface area (Å²) >= 11 is 2.41. The van der Waals surface area contributed by atoms with Gasteiger partial charge in [-0.1, -0.05) is 55.7 Å². The number of carbonyl (C=O) groups excluding carboxylic acids is 1. The van der Waals surface area contributed by atoms with E-state index in [0.717, 1.165) is 25.8 Å². The normalized spacial score (nSPS) is 12.5. The van der Waals surface area contributed by atoms with Gasteiger partial charge in [0.2, 0.25) is 5.91 Å². The molecule has 90 valence electrons. The van der Waals surface area contributed by atoms with E-state index in [9.17, 15) is 4.79 Å². The predicted molar refractivity (Wildman–Crippen MR) is 74.4 cm³/mol. The fraction of sp³-hybridized carbons (Fsp3) is 0.917. The average Bonchev–Trinajstić information content (AvgIpc) is 2.23. The molecule has 1 unspecified atom stereocenters. The molecule has 0 spiro atoms. The third-order valence-corrected chi connectivity index (χ3v) is 3.29. The van der Waals surface area contributed by atoms with Gasteiger partial charge < -0.3 is 5.32 Å². The number of hydrogen-bond acceptors (Lipinski definition) is 1. The van der Waals surface area contributed by atoms with Gasteiger partial charge in [0.1, 0.15) is 0 Å².